The summed E-state index contributed by atoms with van der Waals surface area (Å²) in [4.78, 5) is 55.3. The molecule has 1 unspecified atom stereocenters. The molecule has 174 valence electrons. The summed E-state index contributed by atoms with van der Waals surface area (Å²) in [5.41, 5.74) is 1.10. The van der Waals surface area contributed by atoms with E-state index in [1.807, 2.05) is 13.8 Å². The number of nitrogens with zero attached hydrogens (tertiary/aromatic N) is 2. The zero-order valence-corrected chi connectivity index (χ0v) is 18.8. The molecule has 8 heteroatoms. The second-order valence-corrected chi connectivity index (χ2v) is 9.06. The molecule has 2 heterocycles. The molecule has 0 saturated carbocycles. The molecule has 0 aromatic heterocycles. The van der Waals surface area contributed by atoms with Crippen molar-refractivity contribution in [1.82, 2.24) is 9.80 Å². The van der Waals surface area contributed by atoms with Gasteiger partial charge in [-0.1, -0.05) is 13.8 Å². The summed E-state index contributed by atoms with van der Waals surface area (Å²) in [7, 11) is 0. The molecule has 2 aromatic rings. The Kier molecular flexibility index (Phi) is 6.32. The SMILES string of the molecule is CC(C)CC(CO)N1C(=O)c2ccc3c4c(ccc(c24)C1=O)C(=O)N(CCCCCO)C3=O. The fourth-order valence-electron chi connectivity index (χ4n) is 4.84. The van der Waals surface area contributed by atoms with E-state index >= 15 is 0 Å². The van der Waals surface area contributed by atoms with E-state index < -0.39 is 29.7 Å². The van der Waals surface area contributed by atoms with Crippen molar-refractivity contribution in [2.45, 2.75) is 45.6 Å². The molecule has 4 rings (SSSR count). The van der Waals surface area contributed by atoms with Crippen LogP contribution in [0.2, 0.25) is 0 Å². The fraction of sp³-hybridized carbons (Fsp3) is 0.440. The van der Waals surface area contributed by atoms with Gasteiger partial charge in [0.15, 0.2) is 0 Å². The number of amides is 4. The number of carbonyl (C=O) groups excluding carboxylic acids is 4. The summed E-state index contributed by atoms with van der Waals surface area (Å²) in [6.07, 6.45) is 2.33. The average Bonchev–Trinajstić information content (AvgIpc) is 2.79. The van der Waals surface area contributed by atoms with Crippen LogP contribution in [0, 0.1) is 5.92 Å². The molecule has 0 bridgehead atoms. The maximum absolute atomic E-state index is 13.3. The summed E-state index contributed by atoms with van der Waals surface area (Å²) < 4.78 is 0. The second kappa shape index (κ2) is 9.03. The monoisotopic (exact) mass is 452 g/mol. The summed E-state index contributed by atoms with van der Waals surface area (Å²) >= 11 is 0. The minimum Gasteiger partial charge on any atom is -0.396 e. The minimum absolute atomic E-state index is 0.0585. The first-order valence-corrected chi connectivity index (χ1v) is 11.4. The summed E-state index contributed by atoms with van der Waals surface area (Å²) in [5.74, 6) is -1.78. The highest BCUT2D eigenvalue weighted by Gasteiger charge is 2.41. The van der Waals surface area contributed by atoms with Gasteiger partial charge in [0.2, 0.25) is 0 Å². The van der Waals surface area contributed by atoms with E-state index in [0.717, 1.165) is 4.90 Å². The zero-order valence-electron chi connectivity index (χ0n) is 18.8. The topological polar surface area (TPSA) is 115 Å². The highest BCUT2D eigenvalue weighted by Crippen LogP contribution is 2.38. The second-order valence-electron chi connectivity index (χ2n) is 9.06. The fourth-order valence-corrected chi connectivity index (χ4v) is 4.84. The van der Waals surface area contributed by atoms with Crippen LogP contribution in [0.15, 0.2) is 24.3 Å². The van der Waals surface area contributed by atoms with Crippen LogP contribution in [0.4, 0.5) is 0 Å². The zero-order chi connectivity index (χ0) is 23.9. The largest absolute Gasteiger partial charge is 0.396 e. The lowest BCUT2D eigenvalue weighted by Crippen LogP contribution is -2.49. The third-order valence-corrected chi connectivity index (χ3v) is 6.37. The van der Waals surface area contributed by atoms with Gasteiger partial charge in [-0.2, -0.15) is 0 Å². The number of aliphatic hydroxyl groups is 2. The van der Waals surface area contributed by atoms with Gasteiger partial charge in [-0.25, -0.2) is 0 Å². The number of rotatable bonds is 9. The van der Waals surface area contributed by atoms with Crippen LogP contribution in [0.3, 0.4) is 0 Å². The van der Waals surface area contributed by atoms with Crippen LogP contribution in [-0.2, 0) is 0 Å². The first-order chi connectivity index (χ1) is 15.8. The van der Waals surface area contributed by atoms with E-state index in [2.05, 4.69) is 0 Å². The predicted octanol–water partition coefficient (Wildman–Crippen LogP) is 2.60. The van der Waals surface area contributed by atoms with Crippen molar-refractivity contribution >= 4 is 34.4 Å². The lowest BCUT2D eigenvalue weighted by molar-refractivity contribution is 0.0442. The Morgan fingerprint density at radius 3 is 1.64 bits per heavy atom. The van der Waals surface area contributed by atoms with Gasteiger partial charge in [0.25, 0.3) is 23.6 Å². The maximum atomic E-state index is 13.3. The van der Waals surface area contributed by atoms with Gasteiger partial charge in [0, 0.05) is 46.2 Å². The van der Waals surface area contributed by atoms with Crippen LogP contribution in [0.25, 0.3) is 10.8 Å². The smallest absolute Gasteiger partial charge is 0.261 e. The highest BCUT2D eigenvalue weighted by molar-refractivity contribution is 6.33. The van der Waals surface area contributed by atoms with Crippen molar-refractivity contribution in [1.29, 1.82) is 0 Å². The molecule has 0 aliphatic carbocycles. The number of unbranched alkanes of at least 4 members (excludes halogenated alkanes) is 2. The molecule has 4 amide bonds. The first-order valence-electron chi connectivity index (χ1n) is 11.4. The number of aliphatic hydroxyl groups excluding tert-OH is 2. The van der Waals surface area contributed by atoms with Gasteiger partial charge in [0.05, 0.1) is 12.6 Å². The lowest BCUT2D eigenvalue weighted by Gasteiger charge is -2.35. The van der Waals surface area contributed by atoms with E-state index in [1.165, 1.54) is 17.0 Å². The number of hydrogen-bond donors (Lipinski definition) is 2. The summed E-state index contributed by atoms with van der Waals surface area (Å²) in [5, 5.41) is 19.5. The molecule has 0 radical (unpaired) electrons. The molecule has 0 saturated heterocycles. The summed E-state index contributed by atoms with van der Waals surface area (Å²) in [6, 6.07) is 5.51. The maximum Gasteiger partial charge on any atom is 0.261 e. The van der Waals surface area contributed by atoms with E-state index in [0.29, 0.717) is 47.6 Å². The van der Waals surface area contributed by atoms with Crippen LogP contribution in [0.1, 0.15) is 81.0 Å². The van der Waals surface area contributed by atoms with Crippen molar-refractivity contribution < 1.29 is 29.4 Å². The van der Waals surface area contributed by atoms with Gasteiger partial charge < -0.3 is 10.2 Å². The van der Waals surface area contributed by atoms with Gasteiger partial charge in [-0.15, -0.1) is 0 Å². The average molecular weight is 453 g/mol. The number of carbonyl (C=O) groups is 4. The molecule has 0 spiro atoms. The van der Waals surface area contributed by atoms with E-state index in [1.54, 1.807) is 12.1 Å². The van der Waals surface area contributed by atoms with E-state index in [9.17, 15) is 24.3 Å². The Morgan fingerprint density at radius 2 is 1.21 bits per heavy atom. The number of benzene rings is 2. The Morgan fingerprint density at radius 1 is 0.727 bits per heavy atom. The van der Waals surface area contributed by atoms with Gasteiger partial charge in [0.1, 0.15) is 0 Å². The molecular weight excluding hydrogens is 424 g/mol. The van der Waals surface area contributed by atoms with Gasteiger partial charge in [-0.05, 0) is 55.9 Å². The Hall–Kier alpha value is -3.10. The molecule has 8 nitrogen and oxygen atoms in total. The molecule has 33 heavy (non-hydrogen) atoms. The Bertz CT molecular complexity index is 1080. The Labute approximate surface area is 191 Å². The minimum atomic E-state index is -0.655. The van der Waals surface area contributed by atoms with Crippen LogP contribution >= 0.6 is 0 Å². The van der Waals surface area contributed by atoms with Crippen molar-refractivity contribution in [2.24, 2.45) is 5.92 Å². The molecule has 2 N–H and O–H groups in total. The third-order valence-electron chi connectivity index (χ3n) is 6.37. The van der Waals surface area contributed by atoms with Crippen molar-refractivity contribution in [3.05, 3.63) is 46.5 Å². The third kappa shape index (κ3) is 3.73. The van der Waals surface area contributed by atoms with Crippen molar-refractivity contribution in [3.8, 4) is 0 Å². The number of imide groups is 2. The van der Waals surface area contributed by atoms with Crippen LogP contribution in [0.5, 0.6) is 0 Å². The van der Waals surface area contributed by atoms with Gasteiger partial charge in [-0.3, -0.25) is 29.0 Å². The van der Waals surface area contributed by atoms with E-state index in [-0.39, 0.29) is 36.8 Å². The molecule has 2 aliphatic heterocycles. The highest BCUT2D eigenvalue weighted by atomic mass is 16.3. The first kappa shape index (κ1) is 23.1. The standard InChI is InChI=1S/C25H28N2O6/c1-14(2)12-15(13-29)27-24(32)18-8-6-16-20-17(7-9-19(21(18)20)25(27)33)23(31)26(22(16)30)10-4-3-5-11-28/h6-9,14-15,28-29H,3-5,10-13H2,1-2H3. The van der Waals surface area contributed by atoms with E-state index in [4.69, 9.17) is 5.11 Å². The van der Waals surface area contributed by atoms with Crippen LogP contribution < -0.4 is 0 Å². The quantitative estimate of drug-likeness (QED) is 0.446. The normalized spacial score (nSPS) is 16.4. The molecule has 2 aliphatic rings. The predicted molar refractivity (Wildman–Crippen MR) is 121 cm³/mol. The number of hydrogen-bond acceptors (Lipinski definition) is 6. The van der Waals surface area contributed by atoms with Gasteiger partial charge >= 0.3 is 0 Å². The molecule has 2 aromatic carbocycles. The lowest BCUT2D eigenvalue weighted by atomic mass is 9.85. The molecular formula is C25H28N2O6. The molecule has 0 fully saturated rings. The molecule has 1 atom stereocenters. The van der Waals surface area contributed by atoms with Crippen LogP contribution in [-0.4, -0.2) is 69.4 Å². The summed E-state index contributed by atoms with van der Waals surface area (Å²) in [6.45, 7) is 3.86. The Balaban J connectivity index is 1.79. The van der Waals surface area contributed by atoms with Crippen molar-refractivity contribution in [2.75, 3.05) is 19.8 Å². The van der Waals surface area contributed by atoms with Crippen molar-refractivity contribution in [3.63, 3.8) is 0 Å².